The minimum atomic E-state index is -0.401. The molecule has 4 rings (SSSR count). The zero-order valence-electron chi connectivity index (χ0n) is 15.5. The molecule has 0 aliphatic carbocycles. The molecule has 0 atom stereocenters. The van der Waals surface area contributed by atoms with Crippen molar-refractivity contribution in [1.82, 2.24) is 24.8 Å². The number of imidazole rings is 1. The summed E-state index contributed by atoms with van der Waals surface area (Å²) in [5, 5.41) is 17.5. The van der Waals surface area contributed by atoms with Crippen molar-refractivity contribution in [2.75, 3.05) is 33.2 Å². The highest BCUT2D eigenvalue weighted by molar-refractivity contribution is 5.89. The maximum absolute atomic E-state index is 11.1. The highest BCUT2D eigenvalue weighted by Gasteiger charge is 2.15. The van der Waals surface area contributed by atoms with Gasteiger partial charge in [0.1, 0.15) is 11.5 Å². The molecule has 9 nitrogen and oxygen atoms in total. The molecule has 0 unspecified atom stereocenters. The average molecular weight is 379 g/mol. The number of fused-ring (bicyclic) bond motifs is 1. The fraction of sp³-hybridized carbons (Fsp3) is 0.263. The van der Waals surface area contributed by atoms with Gasteiger partial charge in [0.2, 0.25) is 0 Å². The Morgan fingerprint density at radius 2 is 2.00 bits per heavy atom. The van der Waals surface area contributed by atoms with Gasteiger partial charge >= 0.3 is 0 Å². The number of hydrazone groups is 1. The smallest absolute Gasteiger partial charge is 0.270 e. The van der Waals surface area contributed by atoms with E-state index in [2.05, 4.69) is 32.6 Å². The molecule has 1 aromatic carbocycles. The monoisotopic (exact) mass is 379 g/mol. The third-order valence-corrected chi connectivity index (χ3v) is 4.78. The van der Waals surface area contributed by atoms with Crippen LogP contribution >= 0.6 is 0 Å². The van der Waals surface area contributed by atoms with Crippen LogP contribution in [0.3, 0.4) is 0 Å². The quantitative estimate of drug-likeness (QED) is 0.414. The van der Waals surface area contributed by atoms with Gasteiger partial charge in [-0.25, -0.2) is 15.5 Å². The number of nitrogens with zero attached hydrogens (tertiary/aromatic N) is 6. The van der Waals surface area contributed by atoms with Crippen LogP contribution in [0, 0.1) is 10.1 Å². The summed E-state index contributed by atoms with van der Waals surface area (Å²) in [5.74, 6) is 0.639. The molecule has 0 spiro atoms. The lowest BCUT2D eigenvalue weighted by Gasteiger charge is -2.31. The summed E-state index contributed by atoms with van der Waals surface area (Å²) in [5.41, 5.74) is 5.37. The first kappa shape index (κ1) is 18.1. The van der Waals surface area contributed by atoms with Gasteiger partial charge in [-0.2, -0.15) is 5.10 Å². The number of likely N-dealkylation sites (N-methyl/N-ethyl adjacent to an activating group) is 1. The number of benzene rings is 1. The normalized spacial score (nSPS) is 16.0. The second-order valence-electron chi connectivity index (χ2n) is 6.73. The number of hydrazine groups is 1. The first-order chi connectivity index (χ1) is 13.6. The van der Waals surface area contributed by atoms with Crippen molar-refractivity contribution in [3.63, 3.8) is 0 Å². The van der Waals surface area contributed by atoms with Gasteiger partial charge < -0.3 is 4.90 Å². The summed E-state index contributed by atoms with van der Waals surface area (Å²) in [7, 11) is 2.10. The minimum Gasteiger partial charge on any atom is -0.304 e. The lowest BCUT2D eigenvalue weighted by Crippen LogP contribution is -2.49. The Morgan fingerprint density at radius 3 is 2.79 bits per heavy atom. The van der Waals surface area contributed by atoms with Crippen molar-refractivity contribution in [1.29, 1.82) is 0 Å². The summed E-state index contributed by atoms with van der Waals surface area (Å²) in [6.07, 6.45) is 3.58. The van der Waals surface area contributed by atoms with Crippen LogP contribution < -0.4 is 5.53 Å². The summed E-state index contributed by atoms with van der Waals surface area (Å²) in [4.78, 5) is 17.7. The Labute approximate surface area is 162 Å². The maximum Gasteiger partial charge on any atom is 0.270 e. The van der Waals surface area contributed by atoms with Gasteiger partial charge in [0.15, 0.2) is 0 Å². The molecule has 144 valence electrons. The third kappa shape index (κ3) is 3.71. The fourth-order valence-electron chi connectivity index (χ4n) is 3.20. The van der Waals surface area contributed by atoms with E-state index in [0.717, 1.165) is 31.7 Å². The van der Waals surface area contributed by atoms with E-state index in [4.69, 9.17) is 0 Å². The van der Waals surface area contributed by atoms with Crippen molar-refractivity contribution in [2.24, 2.45) is 5.10 Å². The van der Waals surface area contributed by atoms with Crippen molar-refractivity contribution in [3.05, 3.63) is 64.5 Å². The molecule has 9 heteroatoms. The number of hydrogen-bond acceptors (Lipinski definition) is 7. The summed E-state index contributed by atoms with van der Waals surface area (Å²) >= 11 is 0. The number of aromatic nitrogens is 2. The molecular weight excluding hydrogens is 358 g/mol. The van der Waals surface area contributed by atoms with Crippen molar-refractivity contribution < 1.29 is 4.92 Å². The maximum atomic E-state index is 11.1. The molecule has 0 saturated carbocycles. The predicted molar refractivity (Wildman–Crippen MR) is 107 cm³/mol. The first-order valence-corrected chi connectivity index (χ1v) is 9.06. The van der Waals surface area contributed by atoms with Gasteiger partial charge in [-0.3, -0.25) is 14.5 Å². The zero-order chi connectivity index (χ0) is 19.5. The van der Waals surface area contributed by atoms with Crippen LogP contribution in [0.1, 0.15) is 5.69 Å². The summed E-state index contributed by atoms with van der Waals surface area (Å²) in [6, 6.07) is 12.3. The summed E-state index contributed by atoms with van der Waals surface area (Å²) in [6.45, 7) is 3.78. The largest absolute Gasteiger partial charge is 0.304 e. The molecule has 1 fully saturated rings. The van der Waals surface area contributed by atoms with Crippen LogP contribution in [0.25, 0.3) is 16.9 Å². The van der Waals surface area contributed by atoms with E-state index >= 15 is 0 Å². The first-order valence-electron chi connectivity index (χ1n) is 9.06. The van der Waals surface area contributed by atoms with Crippen molar-refractivity contribution >= 4 is 17.4 Å². The standard InChI is InChI=1S/C19H21N7O2/c1-23-9-11-24(12-10-23)22-20-14-17-18-7-2-3-8-25(18)19(21-17)15-5-4-6-16(13-15)26(27)28/h2-8,13-14,22H,9-12H2,1H3. The Hall–Kier alpha value is -3.30. The van der Waals surface area contributed by atoms with Gasteiger partial charge in [-0.15, -0.1) is 0 Å². The second kappa shape index (κ2) is 7.75. The molecule has 1 N–H and O–H groups in total. The van der Waals surface area contributed by atoms with Crippen LogP contribution in [0.5, 0.6) is 0 Å². The Bertz CT molecular complexity index is 1020. The van der Waals surface area contributed by atoms with E-state index in [9.17, 15) is 10.1 Å². The topological polar surface area (TPSA) is 91.3 Å². The lowest BCUT2D eigenvalue weighted by atomic mass is 10.2. The van der Waals surface area contributed by atoms with Gasteiger partial charge in [0.25, 0.3) is 5.69 Å². The van der Waals surface area contributed by atoms with E-state index in [1.807, 2.05) is 34.9 Å². The molecule has 1 aliphatic heterocycles. The Morgan fingerprint density at radius 1 is 1.18 bits per heavy atom. The number of pyridine rings is 1. The van der Waals surface area contributed by atoms with Gasteiger partial charge in [0.05, 0.1) is 16.7 Å². The predicted octanol–water partition coefficient (Wildman–Crippen LogP) is 2.00. The van der Waals surface area contributed by atoms with Crippen LogP contribution in [0.15, 0.2) is 53.8 Å². The molecule has 28 heavy (non-hydrogen) atoms. The van der Waals surface area contributed by atoms with E-state index in [-0.39, 0.29) is 5.69 Å². The number of nitrogens with one attached hydrogen (secondary N) is 1. The number of rotatable bonds is 5. The highest BCUT2D eigenvalue weighted by atomic mass is 16.6. The molecule has 1 saturated heterocycles. The molecule has 1 aliphatic rings. The molecule has 2 aromatic heterocycles. The van der Waals surface area contributed by atoms with Gasteiger partial charge in [-0.05, 0) is 19.2 Å². The molecule has 0 amide bonds. The van der Waals surface area contributed by atoms with Crippen LogP contribution in [0.2, 0.25) is 0 Å². The fourth-order valence-corrected chi connectivity index (χ4v) is 3.20. The van der Waals surface area contributed by atoms with E-state index in [0.29, 0.717) is 17.1 Å². The van der Waals surface area contributed by atoms with E-state index in [1.54, 1.807) is 12.3 Å². The molecule has 0 bridgehead atoms. The number of piperazine rings is 1. The molecule has 3 heterocycles. The van der Waals surface area contributed by atoms with Crippen LogP contribution in [-0.2, 0) is 0 Å². The van der Waals surface area contributed by atoms with Crippen molar-refractivity contribution in [3.8, 4) is 11.4 Å². The summed E-state index contributed by atoms with van der Waals surface area (Å²) < 4.78 is 1.91. The van der Waals surface area contributed by atoms with E-state index < -0.39 is 4.92 Å². The molecule has 0 radical (unpaired) electrons. The number of hydrogen-bond donors (Lipinski definition) is 1. The second-order valence-corrected chi connectivity index (χ2v) is 6.73. The van der Waals surface area contributed by atoms with Gasteiger partial charge in [-0.1, -0.05) is 18.2 Å². The average Bonchev–Trinajstić information content (AvgIpc) is 3.08. The highest BCUT2D eigenvalue weighted by Crippen LogP contribution is 2.25. The number of non-ortho nitro benzene ring substituents is 1. The number of nitro groups is 1. The van der Waals surface area contributed by atoms with E-state index in [1.165, 1.54) is 12.1 Å². The SMILES string of the molecule is CN1CCN(NN=Cc2nc(-c3cccc([N+](=O)[O-])c3)n3ccccc23)CC1. The van der Waals surface area contributed by atoms with Crippen LogP contribution in [0.4, 0.5) is 5.69 Å². The third-order valence-electron chi connectivity index (χ3n) is 4.78. The van der Waals surface area contributed by atoms with Crippen LogP contribution in [-0.4, -0.2) is 63.7 Å². The van der Waals surface area contributed by atoms with Gasteiger partial charge in [0, 0.05) is 50.1 Å². The van der Waals surface area contributed by atoms with Crippen molar-refractivity contribution in [2.45, 2.75) is 0 Å². The molecular formula is C19H21N7O2. The minimum absolute atomic E-state index is 0.0390. The number of nitro benzene ring substituents is 1. The Balaban J connectivity index is 1.62. The zero-order valence-corrected chi connectivity index (χ0v) is 15.5. The Kier molecular flexibility index (Phi) is 5.00. The lowest BCUT2D eigenvalue weighted by molar-refractivity contribution is -0.384. The molecule has 3 aromatic rings.